The number of rotatable bonds is 4. The van der Waals surface area contributed by atoms with Gasteiger partial charge in [-0.1, -0.05) is 13.8 Å². The lowest BCUT2D eigenvalue weighted by atomic mass is 9.93. The molecule has 0 aromatic carbocycles. The van der Waals surface area contributed by atoms with Crippen molar-refractivity contribution < 1.29 is 0 Å². The summed E-state index contributed by atoms with van der Waals surface area (Å²) >= 11 is 7.50. The van der Waals surface area contributed by atoms with Crippen molar-refractivity contribution in [3.05, 3.63) is 16.6 Å². The second kappa shape index (κ2) is 4.83. The molecule has 0 bridgehead atoms. The first-order valence-electron chi connectivity index (χ1n) is 4.17. The van der Waals surface area contributed by atoms with Gasteiger partial charge in [0, 0.05) is 11.3 Å². The first-order chi connectivity index (χ1) is 5.74. The molecule has 0 fully saturated rings. The zero-order chi connectivity index (χ0) is 8.97. The van der Waals surface area contributed by atoms with Gasteiger partial charge in [-0.2, -0.15) is 0 Å². The van der Waals surface area contributed by atoms with Gasteiger partial charge in [0.2, 0.25) is 0 Å². The fourth-order valence-corrected chi connectivity index (χ4v) is 2.11. The molecule has 1 aromatic rings. The Morgan fingerprint density at radius 2 is 2.33 bits per heavy atom. The molecular formula is C9H14ClNS. The molecule has 0 aliphatic carbocycles. The van der Waals surface area contributed by atoms with Crippen LogP contribution in [0.4, 0.5) is 0 Å². The van der Waals surface area contributed by atoms with Crippen molar-refractivity contribution in [1.82, 2.24) is 4.98 Å². The van der Waals surface area contributed by atoms with Gasteiger partial charge in [0.15, 0.2) is 0 Å². The molecule has 0 radical (unpaired) electrons. The summed E-state index contributed by atoms with van der Waals surface area (Å²) in [6, 6.07) is 0. The topological polar surface area (TPSA) is 12.9 Å². The van der Waals surface area contributed by atoms with Gasteiger partial charge < -0.3 is 0 Å². The number of hydrogen-bond acceptors (Lipinski definition) is 2. The van der Waals surface area contributed by atoms with Gasteiger partial charge in [0.25, 0.3) is 0 Å². The minimum absolute atomic E-state index is 0.564. The molecule has 1 nitrogen and oxygen atoms in total. The summed E-state index contributed by atoms with van der Waals surface area (Å²) in [5, 5.41) is 2.10. The van der Waals surface area contributed by atoms with E-state index >= 15 is 0 Å². The highest BCUT2D eigenvalue weighted by Gasteiger charge is 2.13. The van der Waals surface area contributed by atoms with Crippen molar-refractivity contribution in [3.8, 4) is 0 Å². The van der Waals surface area contributed by atoms with E-state index in [0.29, 0.717) is 11.8 Å². The lowest BCUT2D eigenvalue weighted by molar-refractivity contribution is 0.419. The number of halogens is 1. The number of hydrogen-bond donors (Lipinski definition) is 0. The summed E-state index contributed by atoms with van der Waals surface area (Å²) in [5.41, 5.74) is 3.06. The van der Waals surface area contributed by atoms with E-state index < -0.39 is 0 Å². The molecule has 12 heavy (non-hydrogen) atoms. The number of nitrogens with zero attached hydrogens (tertiary/aromatic N) is 1. The summed E-state index contributed by atoms with van der Waals surface area (Å²) < 4.78 is 0. The highest BCUT2D eigenvalue weighted by molar-refractivity contribution is 7.07. The minimum atomic E-state index is 0.564. The SMILES string of the molecule is CC(C)C(CCl)Cc1cscn1. The molecule has 1 heterocycles. The molecule has 1 atom stereocenters. The van der Waals surface area contributed by atoms with Crippen LogP contribution in [0, 0.1) is 11.8 Å². The van der Waals surface area contributed by atoms with Crippen LogP contribution in [-0.2, 0) is 6.42 Å². The van der Waals surface area contributed by atoms with Crippen molar-refractivity contribution in [2.45, 2.75) is 20.3 Å². The van der Waals surface area contributed by atoms with E-state index in [2.05, 4.69) is 24.2 Å². The molecule has 1 unspecified atom stereocenters. The molecule has 0 aliphatic heterocycles. The van der Waals surface area contributed by atoms with Crippen molar-refractivity contribution in [1.29, 1.82) is 0 Å². The van der Waals surface area contributed by atoms with Crippen LogP contribution in [0.2, 0.25) is 0 Å². The second-order valence-electron chi connectivity index (χ2n) is 3.34. The molecule has 1 aromatic heterocycles. The van der Waals surface area contributed by atoms with Crippen LogP contribution in [0.1, 0.15) is 19.5 Å². The van der Waals surface area contributed by atoms with Crippen LogP contribution in [0.3, 0.4) is 0 Å². The van der Waals surface area contributed by atoms with Gasteiger partial charge in [-0.3, -0.25) is 0 Å². The van der Waals surface area contributed by atoms with Crippen LogP contribution in [0.25, 0.3) is 0 Å². The molecule has 1 rings (SSSR count). The Balaban J connectivity index is 2.48. The van der Waals surface area contributed by atoms with E-state index in [0.717, 1.165) is 12.3 Å². The predicted molar refractivity (Wildman–Crippen MR) is 54.9 cm³/mol. The maximum atomic E-state index is 5.86. The molecule has 68 valence electrons. The molecule has 0 N–H and O–H groups in total. The Labute approximate surface area is 82.8 Å². The zero-order valence-corrected chi connectivity index (χ0v) is 9.03. The molecule has 0 spiro atoms. The summed E-state index contributed by atoms with van der Waals surface area (Å²) in [6.45, 7) is 4.42. The van der Waals surface area contributed by atoms with Gasteiger partial charge in [0.05, 0.1) is 11.2 Å². The Hall–Kier alpha value is -0.0800. The molecule has 0 amide bonds. The minimum Gasteiger partial charge on any atom is -0.250 e. The van der Waals surface area contributed by atoms with Crippen LogP contribution in [-0.4, -0.2) is 10.9 Å². The van der Waals surface area contributed by atoms with Gasteiger partial charge in [0.1, 0.15) is 0 Å². The Bertz CT molecular complexity index is 208. The Kier molecular flexibility index (Phi) is 4.02. The summed E-state index contributed by atoms with van der Waals surface area (Å²) in [7, 11) is 0. The van der Waals surface area contributed by atoms with E-state index in [4.69, 9.17) is 11.6 Å². The maximum absolute atomic E-state index is 5.86. The van der Waals surface area contributed by atoms with Crippen molar-refractivity contribution >= 4 is 22.9 Å². The van der Waals surface area contributed by atoms with E-state index in [1.807, 2.05) is 5.51 Å². The van der Waals surface area contributed by atoms with Crippen LogP contribution in [0.15, 0.2) is 10.9 Å². The number of thiazole rings is 1. The lowest BCUT2D eigenvalue weighted by Crippen LogP contribution is -2.13. The fourth-order valence-electron chi connectivity index (χ4n) is 1.08. The van der Waals surface area contributed by atoms with Crippen LogP contribution < -0.4 is 0 Å². The normalized spacial score (nSPS) is 13.7. The molecule has 0 saturated heterocycles. The monoisotopic (exact) mass is 203 g/mol. The summed E-state index contributed by atoms with van der Waals surface area (Å²) in [6.07, 6.45) is 1.02. The number of alkyl halides is 1. The maximum Gasteiger partial charge on any atom is 0.0794 e. The first kappa shape index (κ1) is 10.0. The lowest BCUT2D eigenvalue weighted by Gasteiger charge is -2.15. The van der Waals surface area contributed by atoms with Crippen molar-refractivity contribution in [3.63, 3.8) is 0 Å². The van der Waals surface area contributed by atoms with Crippen molar-refractivity contribution in [2.24, 2.45) is 11.8 Å². The van der Waals surface area contributed by atoms with E-state index in [9.17, 15) is 0 Å². The largest absolute Gasteiger partial charge is 0.250 e. The van der Waals surface area contributed by atoms with E-state index in [1.54, 1.807) is 11.3 Å². The van der Waals surface area contributed by atoms with E-state index in [1.165, 1.54) is 5.69 Å². The first-order valence-corrected chi connectivity index (χ1v) is 5.64. The standard InChI is InChI=1S/C9H14ClNS/c1-7(2)8(4-10)3-9-5-12-6-11-9/h5-8H,3-4H2,1-2H3. The third-order valence-electron chi connectivity index (χ3n) is 2.10. The van der Waals surface area contributed by atoms with Crippen LogP contribution >= 0.6 is 22.9 Å². The highest BCUT2D eigenvalue weighted by Crippen LogP contribution is 2.18. The molecule has 0 saturated carbocycles. The quantitative estimate of drug-likeness (QED) is 0.685. The zero-order valence-electron chi connectivity index (χ0n) is 7.46. The summed E-state index contributed by atoms with van der Waals surface area (Å²) in [4.78, 5) is 4.25. The third kappa shape index (κ3) is 2.76. The van der Waals surface area contributed by atoms with Crippen molar-refractivity contribution in [2.75, 3.05) is 5.88 Å². The highest BCUT2D eigenvalue weighted by atomic mass is 35.5. The average molecular weight is 204 g/mol. The van der Waals surface area contributed by atoms with E-state index in [-0.39, 0.29) is 0 Å². The molecule has 3 heteroatoms. The fraction of sp³-hybridized carbons (Fsp3) is 0.667. The summed E-state index contributed by atoms with van der Waals surface area (Å²) in [5.74, 6) is 1.94. The Morgan fingerprint density at radius 1 is 1.58 bits per heavy atom. The predicted octanol–water partition coefficient (Wildman–Crippen LogP) is 3.20. The van der Waals surface area contributed by atoms with Gasteiger partial charge in [-0.25, -0.2) is 4.98 Å². The van der Waals surface area contributed by atoms with Gasteiger partial charge in [-0.05, 0) is 18.3 Å². The average Bonchev–Trinajstić information content (AvgIpc) is 2.51. The Morgan fingerprint density at radius 3 is 2.75 bits per heavy atom. The van der Waals surface area contributed by atoms with Gasteiger partial charge in [-0.15, -0.1) is 22.9 Å². The third-order valence-corrected chi connectivity index (χ3v) is 3.13. The smallest absolute Gasteiger partial charge is 0.0794 e. The molecule has 0 aliphatic rings. The molecular weight excluding hydrogens is 190 g/mol. The second-order valence-corrected chi connectivity index (χ2v) is 4.37. The number of aromatic nitrogens is 1. The van der Waals surface area contributed by atoms with Gasteiger partial charge >= 0.3 is 0 Å². The van der Waals surface area contributed by atoms with Crippen LogP contribution in [0.5, 0.6) is 0 Å².